The number of carbonyl (C=O) groups excluding carboxylic acids is 2. The van der Waals surface area contributed by atoms with Crippen LogP contribution < -0.4 is 5.32 Å². The van der Waals surface area contributed by atoms with Gasteiger partial charge in [-0.15, -0.1) is 0 Å². The van der Waals surface area contributed by atoms with E-state index in [2.05, 4.69) is 10.3 Å². The van der Waals surface area contributed by atoms with Gasteiger partial charge in [0.2, 0.25) is 5.91 Å². The van der Waals surface area contributed by atoms with Crippen LogP contribution in [0.1, 0.15) is 22.3 Å². The van der Waals surface area contributed by atoms with Gasteiger partial charge in [0.15, 0.2) is 0 Å². The Kier molecular flexibility index (Phi) is 4.50. The number of hydrogen-bond donors (Lipinski definition) is 1. The fourth-order valence-electron chi connectivity index (χ4n) is 3.61. The van der Waals surface area contributed by atoms with E-state index in [9.17, 15) is 9.59 Å². The second-order valence-corrected chi connectivity index (χ2v) is 7.13. The number of ether oxygens (including phenoxy) is 1. The summed E-state index contributed by atoms with van der Waals surface area (Å²) in [7, 11) is 0. The summed E-state index contributed by atoms with van der Waals surface area (Å²) in [5.74, 6) is -0.405. The van der Waals surface area contributed by atoms with Crippen LogP contribution in [-0.4, -0.2) is 47.0 Å². The van der Waals surface area contributed by atoms with E-state index in [1.165, 1.54) is 11.3 Å². The monoisotopic (exact) mass is 357 g/mol. The molecule has 0 aliphatic carbocycles. The SMILES string of the molecule is O=C(NCc1cccnc1)[C@@H]1CN(C(=O)c2ccsc2)[C@@H]2CCO[C@@H]21. The van der Waals surface area contributed by atoms with Crippen molar-refractivity contribution in [1.82, 2.24) is 15.2 Å². The summed E-state index contributed by atoms with van der Waals surface area (Å²) in [4.78, 5) is 31.3. The van der Waals surface area contributed by atoms with Crippen molar-refractivity contribution in [3.8, 4) is 0 Å². The third-order valence-electron chi connectivity index (χ3n) is 4.85. The lowest BCUT2D eigenvalue weighted by Crippen LogP contribution is -2.37. The predicted molar refractivity (Wildman–Crippen MR) is 93.1 cm³/mol. The lowest BCUT2D eigenvalue weighted by molar-refractivity contribution is -0.127. The quantitative estimate of drug-likeness (QED) is 0.904. The van der Waals surface area contributed by atoms with Crippen molar-refractivity contribution in [2.75, 3.05) is 13.2 Å². The highest BCUT2D eigenvalue weighted by molar-refractivity contribution is 7.08. The molecule has 25 heavy (non-hydrogen) atoms. The van der Waals surface area contributed by atoms with Crippen LogP contribution in [0.2, 0.25) is 0 Å². The third kappa shape index (κ3) is 3.17. The van der Waals surface area contributed by atoms with E-state index in [0.29, 0.717) is 25.3 Å². The molecule has 2 aliphatic heterocycles. The maximum absolute atomic E-state index is 12.7. The minimum atomic E-state index is -0.327. The molecule has 2 saturated heterocycles. The molecule has 130 valence electrons. The van der Waals surface area contributed by atoms with E-state index in [1.807, 2.05) is 33.9 Å². The number of aromatic nitrogens is 1. The van der Waals surface area contributed by atoms with Gasteiger partial charge in [-0.25, -0.2) is 0 Å². The fourth-order valence-corrected chi connectivity index (χ4v) is 4.24. The Balaban J connectivity index is 1.45. The van der Waals surface area contributed by atoms with Crippen molar-refractivity contribution in [2.24, 2.45) is 5.92 Å². The largest absolute Gasteiger partial charge is 0.375 e. The van der Waals surface area contributed by atoms with Crippen molar-refractivity contribution in [2.45, 2.75) is 25.1 Å². The maximum Gasteiger partial charge on any atom is 0.255 e. The van der Waals surface area contributed by atoms with Gasteiger partial charge in [-0.2, -0.15) is 11.3 Å². The number of nitrogens with one attached hydrogen (secondary N) is 1. The van der Waals surface area contributed by atoms with Crippen LogP contribution in [0.3, 0.4) is 0 Å². The van der Waals surface area contributed by atoms with Gasteiger partial charge in [0.1, 0.15) is 0 Å². The van der Waals surface area contributed by atoms with Gasteiger partial charge in [-0.05, 0) is 29.5 Å². The topological polar surface area (TPSA) is 71.5 Å². The fraction of sp³-hybridized carbons (Fsp3) is 0.389. The van der Waals surface area contributed by atoms with Crippen LogP contribution in [0.4, 0.5) is 0 Å². The molecule has 2 aromatic rings. The molecule has 2 aromatic heterocycles. The first-order valence-electron chi connectivity index (χ1n) is 8.35. The molecule has 0 unspecified atom stereocenters. The molecule has 0 saturated carbocycles. The molecule has 0 bridgehead atoms. The smallest absolute Gasteiger partial charge is 0.255 e. The molecule has 7 heteroatoms. The number of carbonyl (C=O) groups is 2. The minimum Gasteiger partial charge on any atom is -0.375 e. The van der Waals surface area contributed by atoms with Crippen LogP contribution in [0.5, 0.6) is 0 Å². The highest BCUT2D eigenvalue weighted by Gasteiger charge is 2.50. The van der Waals surface area contributed by atoms with Crippen LogP contribution in [-0.2, 0) is 16.1 Å². The Morgan fingerprint density at radius 2 is 2.32 bits per heavy atom. The summed E-state index contributed by atoms with van der Waals surface area (Å²) < 4.78 is 5.80. The van der Waals surface area contributed by atoms with E-state index < -0.39 is 0 Å². The Morgan fingerprint density at radius 1 is 1.40 bits per heavy atom. The Hall–Kier alpha value is -2.25. The van der Waals surface area contributed by atoms with Crippen LogP contribution in [0.25, 0.3) is 0 Å². The van der Waals surface area contributed by atoms with E-state index in [1.54, 1.807) is 12.4 Å². The van der Waals surface area contributed by atoms with Gasteiger partial charge in [0.25, 0.3) is 5.91 Å². The predicted octanol–water partition coefficient (Wildman–Crippen LogP) is 1.69. The first-order valence-corrected chi connectivity index (χ1v) is 9.29. The molecule has 2 fully saturated rings. The number of thiophene rings is 1. The zero-order valence-electron chi connectivity index (χ0n) is 13.6. The zero-order valence-corrected chi connectivity index (χ0v) is 14.4. The highest BCUT2D eigenvalue weighted by atomic mass is 32.1. The van der Waals surface area contributed by atoms with E-state index in [4.69, 9.17) is 4.74 Å². The molecular weight excluding hydrogens is 338 g/mol. The molecule has 0 spiro atoms. The Bertz CT molecular complexity index is 750. The van der Waals surface area contributed by atoms with Gasteiger partial charge in [-0.1, -0.05) is 6.07 Å². The molecule has 3 atom stereocenters. The molecule has 0 aromatic carbocycles. The minimum absolute atomic E-state index is 0.00990. The Labute approximate surface area is 149 Å². The van der Waals surface area contributed by atoms with Gasteiger partial charge >= 0.3 is 0 Å². The summed E-state index contributed by atoms with van der Waals surface area (Å²) in [5, 5.41) is 6.70. The zero-order chi connectivity index (χ0) is 17.2. The number of pyridine rings is 1. The van der Waals surface area contributed by atoms with E-state index in [-0.39, 0.29) is 29.9 Å². The molecule has 4 rings (SSSR count). The second-order valence-electron chi connectivity index (χ2n) is 6.35. The summed E-state index contributed by atoms with van der Waals surface area (Å²) in [6.45, 7) is 1.43. The molecule has 6 nitrogen and oxygen atoms in total. The standard InChI is InChI=1S/C18H19N3O3S/c22-17(20-9-12-2-1-5-19-8-12)14-10-21(15-3-6-24-16(14)15)18(23)13-4-7-25-11-13/h1-2,4-5,7-8,11,14-16H,3,6,9-10H2,(H,20,22)/t14-,15-,16-/m1/s1. The number of hydrogen-bond acceptors (Lipinski definition) is 5. The average molecular weight is 357 g/mol. The normalized spacial score (nSPS) is 25.0. The molecular formula is C18H19N3O3S. The molecule has 4 heterocycles. The summed E-state index contributed by atoms with van der Waals surface area (Å²) in [6.07, 6.45) is 4.01. The Morgan fingerprint density at radius 3 is 3.08 bits per heavy atom. The van der Waals surface area contributed by atoms with Crippen LogP contribution in [0.15, 0.2) is 41.4 Å². The summed E-state index contributed by atoms with van der Waals surface area (Å²) in [5.41, 5.74) is 1.64. The van der Waals surface area contributed by atoms with Gasteiger partial charge < -0.3 is 15.0 Å². The van der Waals surface area contributed by atoms with Crippen molar-refractivity contribution >= 4 is 23.2 Å². The summed E-state index contributed by atoms with van der Waals surface area (Å²) >= 11 is 1.50. The number of nitrogens with zero attached hydrogens (tertiary/aromatic N) is 2. The van der Waals surface area contributed by atoms with Crippen molar-refractivity contribution in [3.63, 3.8) is 0 Å². The molecule has 0 radical (unpaired) electrons. The third-order valence-corrected chi connectivity index (χ3v) is 5.53. The first kappa shape index (κ1) is 16.2. The number of fused-ring (bicyclic) bond motifs is 1. The number of rotatable bonds is 4. The van der Waals surface area contributed by atoms with Gasteiger partial charge in [0, 0.05) is 37.5 Å². The van der Waals surface area contributed by atoms with E-state index >= 15 is 0 Å². The van der Waals surface area contributed by atoms with Gasteiger partial charge in [-0.3, -0.25) is 14.6 Å². The van der Waals surface area contributed by atoms with Crippen molar-refractivity contribution in [3.05, 3.63) is 52.5 Å². The molecule has 2 amide bonds. The van der Waals surface area contributed by atoms with Crippen LogP contribution >= 0.6 is 11.3 Å². The highest BCUT2D eigenvalue weighted by Crippen LogP contribution is 2.34. The van der Waals surface area contributed by atoms with Crippen LogP contribution in [0, 0.1) is 5.92 Å². The lowest BCUT2D eigenvalue weighted by Gasteiger charge is -2.21. The second kappa shape index (κ2) is 6.93. The van der Waals surface area contributed by atoms with E-state index in [0.717, 1.165) is 12.0 Å². The molecule has 1 N–H and O–H groups in total. The number of likely N-dealkylation sites (tertiary alicyclic amines) is 1. The summed E-state index contributed by atoms with van der Waals surface area (Å²) in [6, 6.07) is 5.58. The van der Waals surface area contributed by atoms with Crippen molar-refractivity contribution < 1.29 is 14.3 Å². The van der Waals surface area contributed by atoms with Crippen molar-refractivity contribution in [1.29, 1.82) is 0 Å². The maximum atomic E-state index is 12.7. The lowest BCUT2D eigenvalue weighted by atomic mass is 10.0. The number of amides is 2. The average Bonchev–Trinajstić information content (AvgIpc) is 3.36. The first-order chi connectivity index (χ1) is 12.2. The molecule has 2 aliphatic rings. The van der Waals surface area contributed by atoms with Gasteiger partial charge in [0.05, 0.1) is 23.6 Å².